The molecule has 90 valence electrons. The Labute approximate surface area is 107 Å². The number of aryl methyl sites for hydroxylation is 1. The normalized spacial score (nSPS) is 9.89. The topological polar surface area (TPSA) is 39.9 Å². The van der Waals surface area contributed by atoms with Crippen LogP contribution in [0, 0.1) is 18.3 Å². The van der Waals surface area contributed by atoms with Crippen LogP contribution in [0.2, 0.25) is 0 Å². The van der Waals surface area contributed by atoms with Crippen molar-refractivity contribution in [2.45, 2.75) is 6.92 Å². The van der Waals surface area contributed by atoms with Crippen LogP contribution in [-0.2, 0) is 0 Å². The van der Waals surface area contributed by atoms with Gasteiger partial charge in [-0.15, -0.1) is 0 Å². The number of aromatic nitrogens is 1. The summed E-state index contributed by atoms with van der Waals surface area (Å²) in [5.74, 6) is 0.866. The Morgan fingerprint density at radius 3 is 2.39 bits per heavy atom. The Morgan fingerprint density at radius 1 is 1.17 bits per heavy atom. The molecule has 3 heteroatoms. The number of benzene rings is 1. The van der Waals surface area contributed by atoms with Crippen molar-refractivity contribution in [1.82, 2.24) is 4.98 Å². The molecule has 0 bridgehead atoms. The summed E-state index contributed by atoms with van der Waals surface area (Å²) in [6, 6.07) is 14.1. The predicted octanol–water partition coefficient (Wildman–Crippen LogP) is 2.99. The van der Waals surface area contributed by atoms with E-state index in [1.165, 1.54) is 0 Å². The van der Waals surface area contributed by atoms with Crippen molar-refractivity contribution in [3.63, 3.8) is 0 Å². The molecular formula is C15H15N3. The van der Waals surface area contributed by atoms with Crippen molar-refractivity contribution in [3.05, 3.63) is 47.7 Å². The van der Waals surface area contributed by atoms with Crippen molar-refractivity contribution in [3.8, 4) is 17.2 Å². The van der Waals surface area contributed by atoms with Crippen LogP contribution in [0.1, 0.15) is 11.3 Å². The number of anilines is 1. The molecule has 0 spiro atoms. The average Bonchev–Trinajstić information content (AvgIpc) is 2.38. The van der Waals surface area contributed by atoms with E-state index in [0.29, 0.717) is 5.56 Å². The second kappa shape index (κ2) is 4.89. The van der Waals surface area contributed by atoms with Gasteiger partial charge in [-0.1, -0.05) is 30.3 Å². The standard InChI is InChI=1S/C15H15N3/c1-11-14(10-16)13(9-15(17-11)18(2)3)12-7-5-4-6-8-12/h4-9H,1-3H3. The molecule has 0 aliphatic rings. The minimum absolute atomic E-state index is 0.645. The van der Waals surface area contributed by atoms with Crippen LogP contribution >= 0.6 is 0 Å². The molecule has 0 saturated carbocycles. The van der Waals surface area contributed by atoms with Crippen molar-refractivity contribution >= 4 is 5.82 Å². The maximum Gasteiger partial charge on any atom is 0.128 e. The predicted molar refractivity (Wildman–Crippen MR) is 73.5 cm³/mol. The van der Waals surface area contributed by atoms with Crippen LogP contribution in [0.25, 0.3) is 11.1 Å². The summed E-state index contributed by atoms with van der Waals surface area (Å²) in [6.45, 7) is 1.87. The number of nitrogens with zero attached hydrogens (tertiary/aromatic N) is 3. The Hall–Kier alpha value is -2.34. The first-order valence-electron chi connectivity index (χ1n) is 5.78. The average molecular weight is 237 g/mol. The zero-order valence-corrected chi connectivity index (χ0v) is 10.8. The van der Waals surface area contributed by atoms with Crippen LogP contribution < -0.4 is 4.90 Å². The molecule has 1 aromatic heterocycles. The van der Waals surface area contributed by atoms with Crippen molar-refractivity contribution in [1.29, 1.82) is 5.26 Å². The molecule has 0 amide bonds. The number of rotatable bonds is 2. The highest BCUT2D eigenvalue weighted by atomic mass is 15.1. The van der Waals surface area contributed by atoms with Gasteiger partial charge in [0.25, 0.3) is 0 Å². The first-order chi connectivity index (χ1) is 8.63. The third-order valence-electron chi connectivity index (χ3n) is 2.84. The van der Waals surface area contributed by atoms with Crippen LogP contribution in [0.15, 0.2) is 36.4 Å². The molecule has 1 heterocycles. The van der Waals surface area contributed by atoms with Gasteiger partial charge < -0.3 is 4.90 Å². The quantitative estimate of drug-likeness (QED) is 0.806. The monoisotopic (exact) mass is 237 g/mol. The van der Waals surface area contributed by atoms with Crippen LogP contribution in [0.4, 0.5) is 5.82 Å². The molecule has 2 rings (SSSR count). The third-order valence-corrected chi connectivity index (χ3v) is 2.84. The molecule has 0 fully saturated rings. The van der Waals surface area contributed by atoms with Gasteiger partial charge in [-0.25, -0.2) is 4.98 Å². The second-order valence-corrected chi connectivity index (χ2v) is 4.36. The van der Waals surface area contributed by atoms with E-state index >= 15 is 0 Å². The Balaban J connectivity index is 2.69. The maximum atomic E-state index is 9.29. The zero-order valence-electron chi connectivity index (χ0n) is 10.8. The largest absolute Gasteiger partial charge is 0.363 e. The molecule has 0 saturated heterocycles. The molecule has 0 N–H and O–H groups in total. The lowest BCUT2D eigenvalue weighted by Crippen LogP contribution is -2.12. The van der Waals surface area contributed by atoms with Gasteiger partial charge in [0.1, 0.15) is 11.9 Å². The molecule has 1 aromatic carbocycles. The van der Waals surface area contributed by atoms with Gasteiger partial charge in [0.15, 0.2) is 0 Å². The number of pyridine rings is 1. The van der Waals surface area contributed by atoms with E-state index in [1.807, 2.05) is 62.3 Å². The molecule has 0 unspecified atom stereocenters. The van der Waals surface area contributed by atoms with E-state index in [1.54, 1.807) is 0 Å². The van der Waals surface area contributed by atoms with E-state index in [-0.39, 0.29) is 0 Å². The Bertz CT molecular complexity index is 595. The minimum Gasteiger partial charge on any atom is -0.363 e. The van der Waals surface area contributed by atoms with E-state index < -0.39 is 0 Å². The summed E-state index contributed by atoms with van der Waals surface area (Å²) >= 11 is 0. The summed E-state index contributed by atoms with van der Waals surface area (Å²) in [6.07, 6.45) is 0. The SMILES string of the molecule is Cc1nc(N(C)C)cc(-c2ccccc2)c1C#N. The van der Waals surface area contributed by atoms with Gasteiger partial charge in [0.2, 0.25) is 0 Å². The summed E-state index contributed by atoms with van der Waals surface area (Å²) in [5, 5.41) is 9.29. The van der Waals surface area contributed by atoms with Gasteiger partial charge >= 0.3 is 0 Å². The highest BCUT2D eigenvalue weighted by Gasteiger charge is 2.11. The molecular weight excluding hydrogens is 222 g/mol. The van der Waals surface area contributed by atoms with Gasteiger partial charge in [-0.05, 0) is 18.6 Å². The van der Waals surface area contributed by atoms with E-state index in [2.05, 4.69) is 11.1 Å². The summed E-state index contributed by atoms with van der Waals surface area (Å²) in [5.41, 5.74) is 3.39. The van der Waals surface area contributed by atoms with Gasteiger partial charge in [-0.3, -0.25) is 0 Å². The van der Waals surface area contributed by atoms with Crippen molar-refractivity contribution < 1.29 is 0 Å². The third kappa shape index (κ3) is 2.18. The van der Waals surface area contributed by atoms with Gasteiger partial charge in [-0.2, -0.15) is 5.26 Å². The molecule has 3 nitrogen and oxygen atoms in total. The van der Waals surface area contributed by atoms with Gasteiger partial charge in [0, 0.05) is 19.7 Å². The van der Waals surface area contributed by atoms with Crippen LogP contribution in [0.5, 0.6) is 0 Å². The lowest BCUT2D eigenvalue weighted by molar-refractivity contribution is 1.04. The van der Waals surface area contributed by atoms with E-state index in [0.717, 1.165) is 22.6 Å². The fourth-order valence-corrected chi connectivity index (χ4v) is 1.87. The fourth-order valence-electron chi connectivity index (χ4n) is 1.87. The number of hydrogen-bond acceptors (Lipinski definition) is 3. The van der Waals surface area contributed by atoms with Crippen LogP contribution in [0.3, 0.4) is 0 Å². The van der Waals surface area contributed by atoms with Crippen LogP contribution in [-0.4, -0.2) is 19.1 Å². The minimum atomic E-state index is 0.645. The smallest absolute Gasteiger partial charge is 0.128 e. The molecule has 18 heavy (non-hydrogen) atoms. The Kier molecular flexibility index (Phi) is 3.29. The molecule has 0 atom stereocenters. The molecule has 0 aliphatic carbocycles. The Morgan fingerprint density at radius 2 is 1.83 bits per heavy atom. The van der Waals surface area contributed by atoms with E-state index in [4.69, 9.17) is 0 Å². The molecule has 0 aliphatic heterocycles. The first kappa shape index (κ1) is 12.1. The zero-order chi connectivity index (χ0) is 13.1. The number of hydrogen-bond donors (Lipinski definition) is 0. The summed E-state index contributed by atoms with van der Waals surface area (Å²) in [4.78, 5) is 6.38. The maximum absolute atomic E-state index is 9.29. The lowest BCUT2D eigenvalue weighted by Gasteiger charge is -2.15. The summed E-state index contributed by atoms with van der Waals surface area (Å²) < 4.78 is 0. The van der Waals surface area contributed by atoms with Gasteiger partial charge in [0.05, 0.1) is 11.3 Å². The van der Waals surface area contributed by atoms with Crippen molar-refractivity contribution in [2.75, 3.05) is 19.0 Å². The second-order valence-electron chi connectivity index (χ2n) is 4.36. The lowest BCUT2D eigenvalue weighted by atomic mass is 10.00. The van der Waals surface area contributed by atoms with E-state index in [9.17, 15) is 5.26 Å². The van der Waals surface area contributed by atoms with Crippen molar-refractivity contribution in [2.24, 2.45) is 0 Å². The molecule has 2 aromatic rings. The molecule has 0 radical (unpaired) electrons. The fraction of sp³-hybridized carbons (Fsp3) is 0.200. The highest BCUT2D eigenvalue weighted by molar-refractivity contribution is 5.74. The first-order valence-corrected chi connectivity index (χ1v) is 5.78. The highest BCUT2D eigenvalue weighted by Crippen LogP contribution is 2.28. The summed E-state index contributed by atoms with van der Waals surface area (Å²) in [7, 11) is 3.89. The number of nitriles is 1.